The van der Waals surface area contributed by atoms with Gasteiger partial charge in [-0.15, -0.1) is 0 Å². The minimum Gasteiger partial charge on any atom is -0.456 e. The summed E-state index contributed by atoms with van der Waals surface area (Å²) in [5, 5.41) is 20.3. The van der Waals surface area contributed by atoms with E-state index >= 15 is 0 Å². The molecule has 0 N–H and O–H groups in total. The Balaban J connectivity index is 1.07. The van der Waals surface area contributed by atoms with Crippen molar-refractivity contribution in [3.8, 4) is 44.5 Å². The molecule has 13 aromatic carbocycles. The van der Waals surface area contributed by atoms with E-state index in [9.17, 15) is 0 Å². The molecule has 1 aromatic heterocycles. The van der Waals surface area contributed by atoms with Gasteiger partial charge in [-0.1, -0.05) is 188 Å². The van der Waals surface area contributed by atoms with Crippen molar-refractivity contribution in [2.45, 2.75) is 0 Å². The van der Waals surface area contributed by atoms with E-state index in [0.717, 1.165) is 27.5 Å². The summed E-state index contributed by atoms with van der Waals surface area (Å²) >= 11 is 0. The molecule has 0 saturated carbocycles. The first-order chi connectivity index (χ1) is 30.2. The Labute approximate surface area is 351 Å². The van der Waals surface area contributed by atoms with E-state index in [-0.39, 0.29) is 0 Å². The van der Waals surface area contributed by atoms with E-state index in [1.54, 1.807) is 0 Å². The smallest absolute Gasteiger partial charge is 0.135 e. The monoisotopic (exact) mass is 770 g/mol. The molecule has 0 amide bonds. The lowest BCUT2D eigenvalue weighted by atomic mass is 9.82. The van der Waals surface area contributed by atoms with Crippen LogP contribution in [0.25, 0.3) is 142 Å². The minimum absolute atomic E-state index is 0.900. The fourth-order valence-corrected chi connectivity index (χ4v) is 10.9. The van der Waals surface area contributed by atoms with Gasteiger partial charge in [-0.2, -0.15) is 0 Å². The standard InChI is InChI=1S/C60H34O/c1-2-13-44-43(12-1)45(46-27-22-39-20-18-35-8-5-10-37-24-29-50(46)58(39)56(35)37)31-32-52(44)60-42(41-26-33-55-53(34-41)48-14-3-4-17-54(48)61-55)15-7-16-49(60)47-28-23-40-21-19-36-9-6-11-38-25-30-51(47)59(40)57(36)38/h1-34H. The van der Waals surface area contributed by atoms with Crippen molar-refractivity contribution in [2.24, 2.45) is 0 Å². The summed E-state index contributed by atoms with van der Waals surface area (Å²) in [6.07, 6.45) is 0. The molecule has 61 heavy (non-hydrogen) atoms. The first kappa shape index (κ1) is 32.9. The summed E-state index contributed by atoms with van der Waals surface area (Å²) in [6.45, 7) is 0. The van der Waals surface area contributed by atoms with Gasteiger partial charge in [-0.25, -0.2) is 0 Å². The Hall–Kier alpha value is -8.00. The summed E-state index contributed by atoms with van der Waals surface area (Å²) in [4.78, 5) is 0. The molecule has 0 atom stereocenters. The third kappa shape index (κ3) is 4.61. The Kier molecular flexibility index (Phi) is 6.62. The molecule has 0 radical (unpaired) electrons. The Morgan fingerprint density at radius 1 is 0.230 bits per heavy atom. The van der Waals surface area contributed by atoms with Gasteiger partial charge in [-0.3, -0.25) is 0 Å². The summed E-state index contributed by atoms with van der Waals surface area (Å²) in [7, 11) is 0. The van der Waals surface area contributed by atoms with Gasteiger partial charge in [0.15, 0.2) is 0 Å². The van der Waals surface area contributed by atoms with Gasteiger partial charge in [0.2, 0.25) is 0 Å². The molecule has 0 aliphatic heterocycles. The second kappa shape index (κ2) is 12.3. The average Bonchev–Trinajstić information content (AvgIpc) is 3.70. The molecular formula is C60H34O. The summed E-state index contributed by atoms with van der Waals surface area (Å²) in [5.74, 6) is 0. The maximum absolute atomic E-state index is 6.34. The lowest BCUT2D eigenvalue weighted by molar-refractivity contribution is 0.669. The molecule has 0 spiro atoms. The van der Waals surface area contributed by atoms with Crippen molar-refractivity contribution in [3.05, 3.63) is 206 Å². The van der Waals surface area contributed by atoms with Crippen LogP contribution in [0.5, 0.6) is 0 Å². The Morgan fingerprint density at radius 2 is 0.672 bits per heavy atom. The first-order valence-corrected chi connectivity index (χ1v) is 21.2. The van der Waals surface area contributed by atoms with Crippen LogP contribution in [-0.4, -0.2) is 0 Å². The Morgan fingerprint density at radius 3 is 1.33 bits per heavy atom. The van der Waals surface area contributed by atoms with Crippen LogP contribution in [0.2, 0.25) is 0 Å². The fourth-order valence-electron chi connectivity index (χ4n) is 10.9. The maximum atomic E-state index is 6.34. The highest BCUT2D eigenvalue weighted by atomic mass is 16.3. The molecule has 1 nitrogen and oxygen atoms in total. The highest BCUT2D eigenvalue weighted by Gasteiger charge is 2.22. The van der Waals surface area contributed by atoms with Crippen molar-refractivity contribution in [2.75, 3.05) is 0 Å². The van der Waals surface area contributed by atoms with Gasteiger partial charge in [0, 0.05) is 10.8 Å². The number of hydrogen-bond donors (Lipinski definition) is 0. The minimum atomic E-state index is 0.900. The van der Waals surface area contributed by atoms with Crippen LogP contribution in [0.3, 0.4) is 0 Å². The van der Waals surface area contributed by atoms with Crippen LogP contribution in [0.4, 0.5) is 0 Å². The van der Waals surface area contributed by atoms with Crippen molar-refractivity contribution in [3.63, 3.8) is 0 Å². The van der Waals surface area contributed by atoms with E-state index in [2.05, 4.69) is 200 Å². The van der Waals surface area contributed by atoms with Gasteiger partial charge in [0.05, 0.1) is 0 Å². The van der Waals surface area contributed by atoms with Gasteiger partial charge in [0.1, 0.15) is 11.2 Å². The van der Waals surface area contributed by atoms with Gasteiger partial charge in [0.25, 0.3) is 0 Å². The van der Waals surface area contributed by atoms with Crippen LogP contribution in [0.15, 0.2) is 211 Å². The molecule has 0 saturated heterocycles. The zero-order valence-electron chi connectivity index (χ0n) is 33.0. The summed E-state index contributed by atoms with van der Waals surface area (Å²) < 4.78 is 6.34. The predicted octanol–water partition coefficient (Wildman–Crippen LogP) is 17.2. The van der Waals surface area contributed by atoms with Gasteiger partial charge >= 0.3 is 0 Å². The molecular weight excluding hydrogens is 737 g/mol. The van der Waals surface area contributed by atoms with Crippen LogP contribution in [0.1, 0.15) is 0 Å². The van der Waals surface area contributed by atoms with Gasteiger partial charge in [-0.05, 0) is 138 Å². The fraction of sp³-hybridized carbons (Fsp3) is 0. The molecule has 0 unspecified atom stereocenters. The van der Waals surface area contributed by atoms with E-state index in [0.29, 0.717) is 0 Å². The van der Waals surface area contributed by atoms with E-state index < -0.39 is 0 Å². The van der Waals surface area contributed by atoms with Crippen LogP contribution in [0, 0.1) is 0 Å². The third-order valence-electron chi connectivity index (χ3n) is 13.6. The van der Waals surface area contributed by atoms with Crippen LogP contribution in [-0.2, 0) is 0 Å². The van der Waals surface area contributed by atoms with Crippen molar-refractivity contribution in [1.29, 1.82) is 0 Å². The SMILES string of the molecule is c1cc(-c2ccc3oc4ccccc4c3c2)c(-c2ccc(-c3ccc4ccc5cccc6ccc3c4c56)c3ccccc23)c(-c2ccc3ccc4cccc5ccc2c3c45)c1. The predicted molar refractivity (Wildman–Crippen MR) is 260 cm³/mol. The van der Waals surface area contributed by atoms with Crippen LogP contribution < -0.4 is 0 Å². The summed E-state index contributed by atoms with van der Waals surface area (Å²) in [5.41, 5.74) is 11.5. The lowest BCUT2D eigenvalue weighted by Crippen LogP contribution is -1.94. The number of para-hydroxylation sites is 1. The molecule has 14 rings (SSSR count). The number of rotatable bonds is 4. The third-order valence-corrected chi connectivity index (χ3v) is 13.6. The molecule has 0 fully saturated rings. The van der Waals surface area contributed by atoms with E-state index in [1.165, 1.54) is 114 Å². The molecule has 1 heteroatoms. The van der Waals surface area contributed by atoms with Gasteiger partial charge < -0.3 is 4.42 Å². The molecule has 0 aliphatic carbocycles. The number of furan rings is 1. The maximum Gasteiger partial charge on any atom is 0.135 e. The van der Waals surface area contributed by atoms with Crippen molar-refractivity contribution < 1.29 is 4.42 Å². The lowest BCUT2D eigenvalue weighted by Gasteiger charge is -2.21. The first-order valence-electron chi connectivity index (χ1n) is 21.2. The zero-order chi connectivity index (χ0) is 39.8. The van der Waals surface area contributed by atoms with E-state index in [1.807, 2.05) is 6.07 Å². The van der Waals surface area contributed by atoms with Crippen LogP contribution >= 0.6 is 0 Å². The molecule has 0 aliphatic rings. The number of hydrogen-bond acceptors (Lipinski definition) is 1. The summed E-state index contributed by atoms with van der Waals surface area (Å²) in [6, 6.07) is 76.7. The average molecular weight is 771 g/mol. The topological polar surface area (TPSA) is 13.1 Å². The highest BCUT2D eigenvalue weighted by molar-refractivity contribution is 6.28. The largest absolute Gasteiger partial charge is 0.456 e. The second-order valence-electron chi connectivity index (χ2n) is 16.7. The molecule has 0 bridgehead atoms. The van der Waals surface area contributed by atoms with Crippen molar-refractivity contribution >= 4 is 97.3 Å². The second-order valence-corrected chi connectivity index (χ2v) is 16.7. The molecule has 14 aromatic rings. The zero-order valence-corrected chi connectivity index (χ0v) is 33.0. The highest BCUT2D eigenvalue weighted by Crippen LogP contribution is 2.49. The number of benzene rings is 13. The van der Waals surface area contributed by atoms with Crippen molar-refractivity contribution in [1.82, 2.24) is 0 Å². The Bertz CT molecular complexity index is 4080. The number of fused-ring (bicyclic) bond motifs is 4. The molecule has 280 valence electrons. The quantitative estimate of drug-likeness (QED) is 0.162. The van der Waals surface area contributed by atoms with E-state index in [4.69, 9.17) is 4.42 Å². The normalized spacial score (nSPS) is 12.3. The molecule has 1 heterocycles.